The Morgan fingerprint density at radius 1 is 0.909 bits per heavy atom. The Bertz CT molecular complexity index is 1470. The van der Waals surface area contributed by atoms with E-state index in [1.807, 2.05) is 41.3 Å². The number of likely N-dealkylation sites (tertiary alicyclic amines) is 1. The zero-order valence-corrected chi connectivity index (χ0v) is 27.4. The first kappa shape index (κ1) is 31.6. The molecular formula is C31H36Br2N8O3. The largest absolute Gasteiger partial charge is 0.397 e. The zero-order chi connectivity index (χ0) is 31.2. The van der Waals surface area contributed by atoms with E-state index in [1.165, 1.54) is 0 Å². The predicted molar refractivity (Wildman–Crippen MR) is 178 cm³/mol. The topological polar surface area (TPSA) is 150 Å². The van der Waals surface area contributed by atoms with Crippen LogP contribution in [0.1, 0.15) is 28.8 Å². The summed E-state index contributed by atoms with van der Waals surface area (Å²) in [5.74, 6) is -0.601. The highest BCUT2D eigenvalue weighted by molar-refractivity contribution is 9.11. The number of primary amides is 1. The van der Waals surface area contributed by atoms with Crippen LogP contribution in [0.3, 0.4) is 0 Å². The molecule has 0 aliphatic carbocycles. The van der Waals surface area contributed by atoms with Crippen molar-refractivity contribution in [2.75, 3.05) is 55.2 Å². The molecule has 44 heavy (non-hydrogen) atoms. The van der Waals surface area contributed by atoms with Crippen LogP contribution in [0, 0.1) is 0 Å². The van der Waals surface area contributed by atoms with Crippen LogP contribution < -0.4 is 27.0 Å². The molecule has 0 unspecified atom stereocenters. The van der Waals surface area contributed by atoms with Crippen molar-refractivity contribution < 1.29 is 14.4 Å². The molecule has 232 valence electrons. The summed E-state index contributed by atoms with van der Waals surface area (Å²) in [6.45, 7) is 3.49. The van der Waals surface area contributed by atoms with Gasteiger partial charge in [-0.3, -0.25) is 14.6 Å². The van der Waals surface area contributed by atoms with Gasteiger partial charge in [0.2, 0.25) is 5.91 Å². The highest BCUT2D eigenvalue weighted by Gasteiger charge is 2.32. The second kappa shape index (κ2) is 14.3. The van der Waals surface area contributed by atoms with Crippen LogP contribution in [-0.2, 0) is 11.2 Å². The number of nitrogens with zero attached hydrogens (tertiary/aromatic N) is 4. The Balaban J connectivity index is 1.24. The number of benzene rings is 2. The van der Waals surface area contributed by atoms with Gasteiger partial charge in [0.25, 0.3) is 5.91 Å². The van der Waals surface area contributed by atoms with Gasteiger partial charge in [0.1, 0.15) is 6.04 Å². The number of halogens is 2. The Morgan fingerprint density at radius 2 is 1.55 bits per heavy atom. The number of anilines is 3. The first-order valence-electron chi connectivity index (χ1n) is 14.6. The number of hydrogen-bond acceptors (Lipinski definition) is 7. The van der Waals surface area contributed by atoms with E-state index >= 15 is 0 Å². The maximum Gasteiger partial charge on any atom is 0.318 e. The molecule has 2 fully saturated rings. The van der Waals surface area contributed by atoms with E-state index in [1.54, 1.807) is 29.4 Å². The molecule has 1 atom stereocenters. The predicted octanol–water partition coefficient (Wildman–Crippen LogP) is 3.83. The van der Waals surface area contributed by atoms with Gasteiger partial charge in [0, 0.05) is 84.4 Å². The first-order valence-corrected chi connectivity index (χ1v) is 16.2. The maximum absolute atomic E-state index is 13.9. The van der Waals surface area contributed by atoms with Gasteiger partial charge in [-0.25, -0.2) is 4.79 Å². The van der Waals surface area contributed by atoms with Gasteiger partial charge >= 0.3 is 6.03 Å². The lowest BCUT2D eigenvalue weighted by atomic mass is 10.0. The number of piperidine rings is 1. The molecule has 2 aliphatic heterocycles. The van der Waals surface area contributed by atoms with Crippen molar-refractivity contribution in [1.82, 2.24) is 20.1 Å². The fraction of sp³-hybridized carbons (Fsp3) is 0.355. The lowest BCUT2D eigenvalue weighted by molar-refractivity contribution is -0.133. The van der Waals surface area contributed by atoms with Crippen LogP contribution in [0.2, 0.25) is 0 Å². The highest BCUT2D eigenvalue weighted by atomic mass is 79.9. The van der Waals surface area contributed by atoms with Crippen molar-refractivity contribution >= 4 is 66.8 Å². The SMILES string of the molecule is NC(=O)c1ccccc1NC1CCN(C(=O)N[C@H](Cc2cc(Br)c(N)c(Br)c2)C(=O)N2CCN(c3ccncc3)CC2)CC1. The summed E-state index contributed by atoms with van der Waals surface area (Å²) in [5, 5.41) is 6.46. The van der Waals surface area contributed by atoms with E-state index in [0.717, 1.165) is 20.2 Å². The van der Waals surface area contributed by atoms with Crippen LogP contribution in [0.4, 0.5) is 21.9 Å². The van der Waals surface area contributed by atoms with Crippen molar-refractivity contribution in [2.24, 2.45) is 5.73 Å². The van der Waals surface area contributed by atoms with Gasteiger partial charge in [-0.05, 0) is 86.7 Å². The third-order valence-electron chi connectivity index (χ3n) is 8.13. The van der Waals surface area contributed by atoms with Gasteiger partial charge in [-0.2, -0.15) is 0 Å². The number of para-hydroxylation sites is 1. The van der Waals surface area contributed by atoms with Gasteiger partial charge in [-0.1, -0.05) is 12.1 Å². The Kier molecular flexibility index (Phi) is 10.3. The molecule has 3 aromatic rings. The second-order valence-corrected chi connectivity index (χ2v) is 12.7. The fourth-order valence-corrected chi connectivity index (χ4v) is 6.94. The quantitative estimate of drug-likeness (QED) is 0.258. The number of pyridine rings is 1. The molecule has 11 nitrogen and oxygen atoms in total. The average molecular weight is 728 g/mol. The fourth-order valence-electron chi connectivity index (χ4n) is 5.66. The van der Waals surface area contributed by atoms with E-state index in [4.69, 9.17) is 11.5 Å². The first-order chi connectivity index (χ1) is 21.2. The summed E-state index contributed by atoms with van der Waals surface area (Å²) < 4.78 is 1.44. The number of hydrogen-bond donors (Lipinski definition) is 4. The molecule has 0 spiro atoms. The number of piperazine rings is 1. The third-order valence-corrected chi connectivity index (χ3v) is 9.44. The number of nitrogens with two attached hydrogens (primary N) is 2. The minimum Gasteiger partial charge on any atom is -0.397 e. The van der Waals surface area contributed by atoms with Crippen molar-refractivity contribution in [3.05, 3.63) is 81.0 Å². The van der Waals surface area contributed by atoms with Crippen LogP contribution in [0.5, 0.6) is 0 Å². The van der Waals surface area contributed by atoms with E-state index in [-0.39, 0.29) is 18.0 Å². The van der Waals surface area contributed by atoms with Crippen LogP contribution in [0.25, 0.3) is 0 Å². The normalized spacial score (nSPS) is 16.4. The molecule has 2 saturated heterocycles. The van der Waals surface area contributed by atoms with Crippen LogP contribution in [-0.4, -0.2) is 84.0 Å². The molecule has 2 aromatic carbocycles. The summed E-state index contributed by atoms with van der Waals surface area (Å²) in [6.07, 6.45) is 5.22. The summed E-state index contributed by atoms with van der Waals surface area (Å²) in [6, 6.07) is 13.9. The van der Waals surface area contributed by atoms with E-state index in [2.05, 4.69) is 52.4 Å². The van der Waals surface area contributed by atoms with Gasteiger partial charge in [0.15, 0.2) is 0 Å². The van der Waals surface area contributed by atoms with Crippen molar-refractivity contribution in [2.45, 2.75) is 31.3 Å². The Morgan fingerprint density at radius 3 is 2.18 bits per heavy atom. The van der Waals surface area contributed by atoms with Crippen LogP contribution in [0.15, 0.2) is 69.9 Å². The molecule has 0 bridgehead atoms. The number of carbonyl (C=O) groups is 3. The summed E-state index contributed by atoms with van der Waals surface area (Å²) in [5.41, 5.74) is 15.3. The monoisotopic (exact) mass is 726 g/mol. The maximum atomic E-state index is 13.9. The molecule has 3 heterocycles. The third kappa shape index (κ3) is 7.62. The second-order valence-electron chi connectivity index (χ2n) is 11.0. The molecule has 4 amide bonds. The smallest absolute Gasteiger partial charge is 0.318 e. The number of urea groups is 1. The Labute approximate surface area is 273 Å². The van der Waals surface area contributed by atoms with E-state index in [0.29, 0.717) is 75.5 Å². The van der Waals surface area contributed by atoms with Gasteiger partial charge < -0.3 is 36.8 Å². The molecule has 5 rings (SSSR count). The molecule has 0 radical (unpaired) electrons. The summed E-state index contributed by atoms with van der Waals surface area (Å²) in [7, 11) is 0. The van der Waals surface area contributed by atoms with E-state index in [9.17, 15) is 14.4 Å². The average Bonchev–Trinajstić information content (AvgIpc) is 3.04. The van der Waals surface area contributed by atoms with Crippen molar-refractivity contribution in [3.8, 4) is 0 Å². The van der Waals surface area contributed by atoms with Crippen molar-refractivity contribution in [3.63, 3.8) is 0 Å². The lowest BCUT2D eigenvalue weighted by Crippen LogP contribution is -2.58. The minimum atomic E-state index is -0.754. The van der Waals surface area contributed by atoms with E-state index < -0.39 is 11.9 Å². The number of nitrogens with one attached hydrogen (secondary N) is 2. The molecule has 6 N–H and O–H groups in total. The number of aromatic nitrogens is 1. The zero-order valence-electron chi connectivity index (χ0n) is 24.2. The Hall–Kier alpha value is -3.84. The molecule has 1 aromatic heterocycles. The van der Waals surface area contributed by atoms with Crippen LogP contribution >= 0.6 is 31.9 Å². The summed E-state index contributed by atoms with van der Waals surface area (Å²) in [4.78, 5) is 49.2. The van der Waals surface area contributed by atoms with Crippen molar-refractivity contribution in [1.29, 1.82) is 0 Å². The molecule has 0 saturated carbocycles. The minimum absolute atomic E-state index is 0.0816. The number of carbonyl (C=O) groups excluding carboxylic acids is 3. The molecule has 2 aliphatic rings. The standard InChI is InChI=1S/C31H36Br2N8O3/c32-24-17-20(18-25(33)28(24)34)19-27(30(43)40-15-13-39(14-16-40)22-5-9-36-10-6-22)38-31(44)41-11-7-21(8-12-41)37-26-4-2-1-3-23(26)29(35)42/h1-6,9-10,17-18,21,27,37H,7-8,11-16,19,34H2,(H2,35,42)(H,38,44)/t27-/m1/s1. The van der Waals surface area contributed by atoms with Gasteiger partial charge in [0.05, 0.1) is 11.3 Å². The summed E-state index contributed by atoms with van der Waals surface area (Å²) >= 11 is 6.99. The lowest BCUT2D eigenvalue weighted by Gasteiger charge is -2.38. The molecule has 13 heteroatoms. The number of amides is 4. The number of nitrogen functional groups attached to an aromatic ring is 1. The number of rotatable bonds is 8. The highest BCUT2D eigenvalue weighted by Crippen LogP contribution is 2.30. The molecular weight excluding hydrogens is 692 g/mol. The van der Waals surface area contributed by atoms with Gasteiger partial charge in [-0.15, -0.1) is 0 Å².